The Balaban J connectivity index is 2.19. The van der Waals surface area contributed by atoms with Crippen molar-refractivity contribution < 1.29 is 9.47 Å². The van der Waals surface area contributed by atoms with Gasteiger partial charge in [-0.1, -0.05) is 6.92 Å². The first-order valence-corrected chi connectivity index (χ1v) is 7.67. The largest absolute Gasteiger partial charge is 0.493 e. The van der Waals surface area contributed by atoms with Gasteiger partial charge in [0, 0.05) is 11.8 Å². The highest BCUT2D eigenvalue weighted by molar-refractivity contribution is 9.10. The highest BCUT2D eigenvalue weighted by Crippen LogP contribution is 2.35. The summed E-state index contributed by atoms with van der Waals surface area (Å²) in [5.41, 5.74) is 3.97. The van der Waals surface area contributed by atoms with Crippen LogP contribution in [-0.4, -0.2) is 30.4 Å². The van der Waals surface area contributed by atoms with Gasteiger partial charge in [-0.3, -0.25) is 9.78 Å². The molecule has 0 unspecified atom stereocenters. The van der Waals surface area contributed by atoms with E-state index in [-0.39, 0.29) is 5.56 Å². The summed E-state index contributed by atoms with van der Waals surface area (Å²) < 4.78 is 11.3. The Hall–Kier alpha value is -2.35. The van der Waals surface area contributed by atoms with Crippen molar-refractivity contribution in [3.63, 3.8) is 0 Å². The van der Waals surface area contributed by atoms with E-state index >= 15 is 0 Å². The minimum absolute atomic E-state index is 0.219. The molecule has 0 aliphatic rings. The normalized spacial score (nSPS) is 10.8. The van der Waals surface area contributed by atoms with Gasteiger partial charge in [-0.25, -0.2) is 10.4 Å². The van der Waals surface area contributed by atoms with Crippen molar-refractivity contribution in [1.82, 2.24) is 9.97 Å². The first kappa shape index (κ1) is 17.0. The number of methoxy groups -OCH3 is 2. The molecule has 23 heavy (non-hydrogen) atoms. The molecule has 0 bridgehead atoms. The SMILES string of the molecule is CCc1cc(=O)[nH]c(N/N=C\c2cc(Br)c(OC)c(OC)c2)n1. The van der Waals surface area contributed by atoms with Crippen molar-refractivity contribution in [1.29, 1.82) is 0 Å². The van der Waals surface area contributed by atoms with Gasteiger partial charge in [-0.2, -0.15) is 5.10 Å². The van der Waals surface area contributed by atoms with E-state index in [4.69, 9.17) is 9.47 Å². The number of H-pyrrole nitrogens is 1. The fourth-order valence-corrected chi connectivity index (χ4v) is 2.54. The van der Waals surface area contributed by atoms with Gasteiger partial charge in [0.1, 0.15) is 0 Å². The van der Waals surface area contributed by atoms with Gasteiger partial charge in [0.25, 0.3) is 5.56 Å². The molecule has 2 aromatic rings. The minimum atomic E-state index is -0.219. The van der Waals surface area contributed by atoms with Crippen LogP contribution in [-0.2, 0) is 6.42 Å². The number of hydrogen-bond donors (Lipinski definition) is 2. The second kappa shape index (κ2) is 7.77. The summed E-state index contributed by atoms with van der Waals surface area (Å²) in [5.74, 6) is 1.49. The zero-order chi connectivity index (χ0) is 16.8. The van der Waals surface area contributed by atoms with E-state index in [1.54, 1.807) is 26.5 Å². The van der Waals surface area contributed by atoms with Gasteiger partial charge < -0.3 is 9.47 Å². The molecule has 0 saturated carbocycles. The number of aryl methyl sites for hydroxylation is 1. The zero-order valence-electron chi connectivity index (χ0n) is 13.0. The number of ether oxygens (including phenoxy) is 2. The number of nitrogens with zero attached hydrogens (tertiary/aromatic N) is 2. The molecule has 0 fully saturated rings. The molecule has 2 rings (SSSR count). The zero-order valence-corrected chi connectivity index (χ0v) is 14.6. The molecule has 0 radical (unpaired) electrons. The van der Waals surface area contributed by atoms with Crippen molar-refractivity contribution in [2.45, 2.75) is 13.3 Å². The number of nitrogens with one attached hydrogen (secondary N) is 2. The third-order valence-electron chi connectivity index (χ3n) is 3.00. The molecule has 122 valence electrons. The van der Waals surface area contributed by atoms with Gasteiger partial charge in [0.05, 0.1) is 24.9 Å². The number of aromatic nitrogens is 2. The smallest absolute Gasteiger partial charge is 0.252 e. The van der Waals surface area contributed by atoms with Crippen LogP contribution in [0.2, 0.25) is 0 Å². The highest BCUT2D eigenvalue weighted by atomic mass is 79.9. The van der Waals surface area contributed by atoms with E-state index in [9.17, 15) is 4.79 Å². The van der Waals surface area contributed by atoms with Crippen molar-refractivity contribution in [3.05, 3.63) is 44.3 Å². The Bertz CT molecular complexity index is 774. The van der Waals surface area contributed by atoms with E-state index in [2.05, 4.69) is 36.4 Å². The van der Waals surface area contributed by atoms with Gasteiger partial charge in [0.15, 0.2) is 11.5 Å². The van der Waals surface area contributed by atoms with Crippen molar-refractivity contribution in [2.24, 2.45) is 5.10 Å². The monoisotopic (exact) mass is 380 g/mol. The van der Waals surface area contributed by atoms with Gasteiger partial charge >= 0.3 is 0 Å². The molecule has 1 aromatic heterocycles. The number of halogens is 1. The topological polar surface area (TPSA) is 88.6 Å². The first-order valence-electron chi connectivity index (χ1n) is 6.88. The van der Waals surface area contributed by atoms with E-state index in [0.717, 1.165) is 10.0 Å². The first-order chi connectivity index (χ1) is 11.1. The predicted octanol–water partition coefficient (Wildman–Crippen LogP) is 2.56. The third-order valence-corrected chi connectivity index (χ3v) is 3.59. The van der Waals surface area contributed by atoms with E-state index < -0.39 is 0 Å². The molecule has 0 aliphatic heterocycles. The summed E-state index contributed by atoms with van der Waals surface area (Å²) in [6.45, 7) is 1.93. The van der Waals surface area contributed by atoms with Crippen LogP contribution in [0.5, 0.6) is 11.5 Å². The molecular formula is C15H17BrN4O3. The minimum Gasteiger partial charge on any atom is -0.493 e. The predicted molar refractivity (Wildman–Crippen MR) is 92.7 cm³/mol. The van der Waals surface area contributed by atoms with Crippen LogP contribution in [0.4, 0.5) is 5.95 Å². The maximum absolute atomic E-state index is 11.5. The van der Waals surface area contributed by atoms with Gasteiger partial charge in [-0.15, -0.1) is 0 Å². The number of hydrogen-bond acceptors (Lipinski definition) is 6. The van der Waals surface area contributed by atoms with Crippen LogP contribution >= 0.6 is 15.9 Å². The molecule has 0 saturated heterocycles. The van der Waals surface area contributed by atoms with E-state index in [0.29, 0.717) is 29.6 Å². The molecule has 8 heteroatoms. The maximum atomic E-state index is 11.5. The molecule has 0 amide bonds. The van der Waals surface area contributed by atoms with Crippen LogP contribution in [0.25, 0.3) is 0 Å². The Labute approximate surface area is 141 Å². The molecule has 0 atom stereocenters. The van der Waals surface area contributed by atoms with Crippen LogP contribution in [0, 0.1) is 0 Å². The summed E-state index contributed by atoms with van der Waals surface area (Å²) in [4.78, 5) is 18.3. The summed E-state index contributed by atoms with van der Waals surface area (Å²) in [6, 6.07) is 5.08. The number of hydrazone groups is 1. The van der Waals surface area contributed by atoms with Crippen molar-refractivity contribution >= 4 is 28.1 Å². The molecule has 1 aromatic carbocycles. The number of rotatable bonds is 6. The lowest BCUT2D eigenvalue weighted by Crippen LogP contribution is -2.11. The summed E-state index contributed by atoms with van der Waals surface area (Å²) in [7, 11) is 3.13. The number of benzene rings is 1. The summed E-state index contributed by atoms with van der Waals surface area (Å²) in [6.07, 6.45) is 2.26. The maximum Gasteiger partial charge on any atom is 0.252 e. The Morgan fingerprint density at radius 3 is 2.78 bits per heavy atom. The summed E-state index contributed by atoms with van der Waals surface area (Å²) >= 11 is 3.42. The summed E-state index contributed by atoms with van der Waals surface area (Å²) in [5, 5.41) is 4.08. The van der Waals surface area contributed by atoms with Crippen LogP contribution in [0.15, 0.2) is 32.6 Å². The number of aromatic amines is 1. The second-order valence-electron chi connectivity index (χ2n) is 4.55. The lowest BCUT2D eigenvalue weighted by atomic mass is 10.2. The average molecular weight is 381 g/mol. The van der Waals surface area contributed by atoms with Crippen LogP contribution in [0.1, 0.15) is 18.2 Å². The Morgan fingerprint density at radius 2 is 2.13 bits per heavy atom. The quantitative estimate of drug-likeness (QED) is 0.593. The molecule has 0 spiro atoms. The molecule has 0 aliphatic carbocycles. The number of anilines is 1. The molecule has 7 nitrogen and oxygen atoms in total. The van der Waals surface area contributed by atoms with Crippen molar-refractivity contribution in [2.75, 3.05) is 19.6 Å². The molecule has 2 N–H and O–H groups in total. The average Bonchev–Trinajstić information content (AvgIpc) is 2.53. The fourth-order valence-electron chi connectivity index (χ4n) is 1.92. The van der Waals surface area contributed by atoms with Crippen LogP contribution in [0.3, 0.4) is 0 Å². The van der Waals surface area contributed by atoms with Gasteiger partial charge in [0.2, 0.25) is 5.95 Å². The third kappa shape index (κ3) is 4.32. The Morgan fingerprint density at radius 1 is 1.35 bits per heavy atom. The molecular weight excluding hydrogens is 364 g/mol. The standard InChI is InChI=1S/C15H17BrN4O3/c1-4-10-7-13(21)19-15(18-10)20-17-8-9-5-11(16)14(23-3)12(6-9)22-2/h5-8H,4H2,1-3H3,(H2,18,19,20,21)/b17-8-. The Kier molecular flexibility index (Phi) is 5.75. The van der Waals surface area contributed by atoms with E-state index in [1.165, 1.54) is 6.07 Å². The van der Waals surface area contributed by atoms with Crippen molar-refractivity contribution in [3.8, 4) is 11.5 Å². The lowest BCUT2D eigenvalue weighted by Gasteiger charge is -2.10. The lowest BCUT2D eigenvalue weighted by molar-refractivity contribution is 0.353. The fraction of sp³-hybridized carbons (Fsp3) is 0.267. The van der Waals surface area contributed by atoms with E-state index in [1.807, 2.05) is 13.0 Å². The molecule has 1 heterocycles. The van der Waals surface area contributed by atoms with Crippen LogP contribution < -0.4 is 20.5 Å². The highest BCUT2D eigenvalue weighted by Gasteiger charge is 2.09. The van der Waals surface area contributed by atoms with Gasteiger partial charge in [-0.05, 0) is 40.0 Å². The second-order valence-corrected chi connectivity index (χ2v) is 5.40.